The summed E-state index contributed by atoms with van der Waals surface area (Å²) in [5, 5.41) is 12.3. The lowest BCUT2D eigenvalue weighted by Crippen LogP contribution is -2.47. The van der Waals surface area contributed by atoms with Gasteiger partial charge in [-0.3, -0.25) is 4.79 Å². The minimum atomic E-state index is -0.609. The average molecular weight is 269 g/mol. The Morgan fingerprint density at radius 3 is 2.56 bits per heavy atom. The molecule has 102 valence electrons. The van der Waals surface area contributed by atoms with Crippen molar-refractivity contribution in [3.63, 3.8) is 0 Å². The highest BCUT2D eigenvalue weighted by Crippen LogP contribution is 2.26. The number of amides is 1. The van der Waals surface area contributed by atoms with E-state index in [-0.39, 0.29) is 5.91 Å². The highest BCUT2D eigenvalue weighted by atomic mass is 32.2. The van der Waals surface area contributed by atoms with Crippen LogP contribution in [-0.4, -0.2) is 29.5 Å². The largest absolute Gasteiger partial charge is 0.337 e. The molecular weight excluding hydrogens is 246 g/mol. The van der Waals surface area contributed by atoms with Crippen molar-refractivity contribution in [3.05, 3.63) is 0 Å². The zero-order valence-corrected chi connectivity index (χ0v) is 11.7. The van der Waals surface area contributed by atoms with E-state index in [9.17, 15) is 10.1 Å². The quantitative estimate of drug-likeness (QED) is 0.569. The first kappa shape index (κ1) is 15.3. The molecule has 0 spiro atoms. The monoisotopic (exact) mass is 269 g/mol. The fourth-order valence-corrected chi connectivity index (χ4v) is 3.02. The molecule has 1 aliphatic carbocycles. The van der Waals surface area contributed by atoms with Crippen LogP contribution < -0.4 is 11.1 Å². The minimum Gasteiger partial charge on any atom is -0.337 e. The first-order chi connectivity index (χ1) is 8.72. The molecule has 3 N–H and O–H groups in total. The number of nitrogens with zero attached hydrogens (tertiary/aromatic N) is 1. The highest BCUT2D eigenvalue weighted by molar-refractivity contribution is 7.99. The summed E-state index contributed by atoms with van der Waals surface area (Å²) in [5.41, 5.74) is 4.79. The van der Waals surface area contributed by atoms with Gasteiger partial charge in [0.05, 0.1) is 11.8 Å². The Morgan fingerprint density at radius 2 is 2.00 bits per heavy atom. The van der Waals surface area contributed by atoms with Gasteiger partial charge in [0.25, 0.3) is 0 Å². The van der Waals surface area contributed by atoms with Crippen molar-refractivity contribution >= 4 is 17.7 Å². The van der Waals surface area contributed by atoms with Crippen LogP contribution in [0.1, 0.15) is 44.9 Å². The standard InChI is InChI=1S/C13H23N3OS/c14-8-5-9-18-10-12(17)16-13(11-15)6-3-1-2-4-7-13/h1-10,14H2,(H,16,17). The molecule has 1 fully saturated rings. The van der Waals surface area contributed by atoms with E-state index in [2.05, 4.69) is 11.4 Å². The summed E-state index contributed by atoms with van der Waals surface area (Å²) in [7, 11) is 0. The minimum absolute atomic E-state index is 0.0135. The second kappa shape index (κ2) is 8.39. The number of carbonyl (C=O) groups excluding carboxylic acids is 1. The van der Waals surface area contributed by atoms with Crippen LogP contribution in [0.15, 0.2) is 0 Å². The number of nitrogens with one attached hydrogen (secondary N) is 1. The van der Waals surface area contributed by atoms with Gasteiger partial charge in [0.2, 0.25) is 5.91 Å². The van der Waals surface area contributed by atoms with Gasteiger partial charge in [-0.25, -0.2) is 0 Å². The van der Waals surface area contributed by atoms with Gasteiger partial charge in [-0.05, 0) is 31.6 Å². The Bertz CT molecular complexity index is 293. The molecule has 1 aliphatic rings. The van der Waals surface area contributed by atoms with Crippen LogP contribution in [0.2, 0.25) is 0 Å². The molecule has 0 bridgehead atoms. The van der Waals surface area contributed by atoms with E-state index in [1.165, 1.54) is 12.8 Å². The molecule has 0 saturated heterocycles. The number of carbonyl (C=O) groups is 1. The van der Waals surface area contributed by atoms with Gasteiger partial charge in [0, 0.05) is 0 Å². The van der Waals surface area contributed by atoms with Crippen LogP contribution in [0.25, 0.3) is 0 Å². The van der Waals surface area contributed by atoms with E-state index in [1.807, 2.05) is 0 Å². The fraction of sp³-hybridized carbons (Fsp3) is 0.846. The maximum absolute atomic E-state index is 11.8. The topological polar surface area (TPSA) is 78.9 Å². The smallest absolute Gasteiger partial charge is 0.231 e. The van der Waals surface area contributed by atoms with Gasteiger partial charge in [-0.15, -0.1) is 0 Å². The lowest BCUT2D eigenvalue weighted by Gasteiger charge is -2.26. The zero-order chi connectivity index (χ0) is 13.3. The number of nitrogens with two attached hydrogens (primary N) is 1. The van der Waals surface area contributed by atoms with Crippen molar-refractivity contribution in [3.8, 4) is 6.07 Å². The summed E-state index contributed by atoms with van der Waals surface area (Å²) in [6.45, 7) is 0.663. The fourth-order valence-electron chi connectivity index (χ4n) is 2.25. The van der Waals surface area contributed by atoms with Crippen molar-refractivity contribution in [1.82, 2.24) is 5.32 Å². The van der Waals surface area contributed by atoms with E-state index >= 15 is 0 Å². The molecule has 18 heavy (non-hydrogen) atoms. The summed E-state index contributed by atoms with van der Waals surface area (Å²) in [6.07, 6.45) is 6.93. The molecule has 1 amide bonds. The molecule has 4 nitrogen and oxygen atoms in total. The lowest BCUT2D eigenvalue weighted by atomic mass is 9.92. The van der Waals surface area contributed by atoms with Gasteiger partial charge in [0.1, 0.15) is 5.54 Å². The first-order valence-corrected chi connectivity index (χ1v) is 7.88. The van der Waals surface area contributed by atoms with Gasteiger partial charge in [0.15, 0.2) is 0 Å². The molecule has 0 aliphatic heterocycles. The van der Waals surface area contributed by atoms with E-state index in [0.29, 0.717) is 12.3 Å². The number of rotatable bonds is 6. The predicted octanol–water partition coefficient (Wildman–Crippen LogP) is 1.80. The molecule has 1 saturated carbocycles. The van der Waals surface area contributed by atoms with E-state index in [1.54, 1.807) is 11.8 Å². The Morgan fingerprint density at radius 1 is 1.33 bits per heavy atom. The summed E-state index contributed by atoms with van der Waals surface area (Å²) >= 11 is 1.59. The lowest BCUT2D eigenvalue weighted by molar-refractivity contribution is -0.120. The third-order valence-corrected chi connectivity index (χ3v) is 4.32. The zero-order valence-electron chi connectivity index (χ0n) is 10.9. The van der Waals surface area contributed by atoms with Crippen LogP contribution in [0.3, 0.4) is 0 Å². The SMILES string of the molecule is N#CC1(NC(=O)CSCCCN)CCCCCC1. The Balaban J connectivity index is 2.37. The molecule has 0 aromatic carbocycles. The Hall–Kier alpha value is -0.730. The van der Waals surface area contributed by atoms with E-state index in [4.69, 9.17) is 5.73 Å². The average Bonchev–Trinajstić information content (AvgIpc) is 2.61. The normalized spacial score (nSPS) is 18.7. The molecule has 1 rings (SSSR count). The van der Waals surface area contributed by atoms with E-state index in [0.717, 1.165) is 37.9 Å². The second-order valence-electron chi connectivity index (χ2n) is 4.85. The Labute approximate surface area is 114 Å². The first-order valence-electron chi connectivity index (χ1n) is 6.72. The van der Waals surface area contributed by atoms with Crippen molar-refractivity contribution in [2.24, 2.45) is 5.73 Å². The van der Waals surface area contributed by atoms with Crippen LogP contribution in [0.4, 0.5) is 0 Å². The maximum Gasteiger partial charge on any atom is 0.231 e. The third kappa shape index (κ3) is 5.28. The van der Waals surface area contributed by atoms with Crippen molar-refractivity contribution in [1.29, 1.82) is 5.26 Å². The molecule has 0 aromatic rings. The Kier molecular flexibility index (Phi) is 7.14. The summed E-state index contributed by atoms with van der Waals surface area (Å²) in [6, 6.07) is 2.33. The summed E-state index contributed by atoms with van der Waals surface area (Å²) in [5.74, 6) is 1.33. The molecule has 0 radical (unpaired) electrons. The maximum atomic E-state index is 11.8. The van der Waals surface area contributed by atoms with Gasteiger partial charge < -0.3 is 11.1 Å². The van der Waals surface area contributed by atoms with Gasteiger partial charge in [-0.2, -0.15) is 17.0 Å². The molecule has 0 heterocycles. The number of nitriles is 1. The van der Waals surface area contributed by atoms with Crippen molar-refractivity contribution in [2.45, 2.75) is 50.5 Å². The third-order valence-electron chi connectivity index (χ3n) is 3.28. The summed E-state index contributed by atoms with van der Waals surface area (Å²) < 4.78 is 0. The van der Waals surface area contributed by atoms with Gasteiger partial charge in [-0.1, -0.05) is 25.7 Å². The number of hydrogen-bond donors (Lipinski definition) is 2. The summed E-state index contributed by atoms with van der Waals surface area (Å²) in [4.78, 5) is 11.8. The highest BCUT2D eigenvalue weighted by Gasteiger charge is 2.32. The second-order valence-corrected chi connectivity index (χ2v) is 5.96. The number of thioether (sulfide) groups is 1. The molecule has 0 aromatic heterocycles. The van der Waals surface area contributed by atoms with Gasteiger partial charge >= 0.3 is 0 Å². The molecular formula is C13H23N3OS. The van der Waals surface area contributed by atoms with E-state index < -0.39 is 5.54 Å². The van der Waals surface area contributed by atoms with Crippen LogP contribution in [0.5, 0.6) is 0 Å². The van der Waals surface area contributed by atoms with Crippen LogP contribution >= 0.6 is 11.8 Å². The molecule has 0 unspecified atom stereocenters. The van der Waals surface area contributed by atoms with Crippen LogP contribution in [0, 0.1) is 11.3 Å². The number of hydrogen-bond acceptors (Lipinski definition) is 4. The predicted molar refractivity (Wildman–Crippen MR) is 75.2 cm³/mol. The molecule has 0 atom stereocenters. The van der Waals surface area contributed by atoms with Crippen LogP contribution in [-0.2, 0) is 4.79 Å². The van der Waals surface area contributed by atoms with Crippen molar-refractivity contribution < 1.29 is 4.79 Å². The molecule has 5 heteroatoms. The van der Waals surface area contributed by atoms with Crippen molar-refractivity contribution in [2.75, 3.05) is 18.1 Å².